The van der Waals surface area contributed by atoms with Gasteiger partial charge in [0.1, 0.15) is 18.4 Å². The zero-order chi connectivity index (χ0) is 14.5. The Hall–Kier alpha value is -1.59. The van der Waals surface area contributed by atoms with Crippen molar-refractivity contribution in [3.8, 4) is 5.75 Å². The normalized spacial score (nSPS) is 14.0. The molecule has 20 heavy (non-hydrogen) atoms. The molecule has 1 heterocycles. The molecule has 1 N–H and O–H groups in total. The van der Waals surface area contributed by atoms with Crippen molar-refractivity contribution < 1.29 is 4.74 Å². The van der Waals surface area contributed by atoms with Crippen molar-refractivity contribution in [2.24, 2.45) is 0 Å². The minimum atomic E-state index is 0.127. The largest absolute Gasteiger partial charge is 0.496 e. The fourth-order valence-corrected chi connectivity index (χ4v) is 2.40. The van der Waals surface area contributed by atoms with Crippen LogP contribution < -0.4 is 10.1 Å². The summed E-state index contributed by atoms with van der Waals surface area (Å²) in [5.41, 5.74) is 1.05. The van der Waals surface area contributed by atoms with Crippen LogP contribution in [-0.2, 0) is 6.54 Å². The molecule has 0 aliphatic heterocycles. The quantitative estimate of drug-likeness (QED) is 0.890. The van der Waals surface area contributed by atoms with E-state index < -0.39 is 0 Å². The second-order valence-corrected chi connectivity index (χ2v) is 5.23. The number of ether oxygens (including phenoxy) is 1. The summed E-state index contributed by atoms with van der Waals surface area (Å²) in [6, 6.07) is 6.02. The lowest BCUT2D eigenvalue weighted by Crippen LogP contribution is -2.33. The molecule has 2 atom stereocenters. The van der Waals surface area contributed by atoms with Crippen LogP contribution >= 0.6 is 11.6 Å². The Labute approximate surface area is 123 Å². The van der Waals surface area contributed by atoms with E-state index in [4.69, 9.17) is 16.3 Å². The van der Waals surface area contributed by atoms with Crippen molar-refractivity contribution in [2.75, 3.05) is 7.11 Å². The van der Waals surface area contributed by atoms with Crippen molar-refractivity contribution in [2.45, 2.75) is 32.5 Å². The van der Waals surface area contributed by atoms with E-state index in [0.29, 0.717) is 5.02 Å². The van der Waals surface area contributed by atoms with Gasteiger partial charge in [-0.3, -0.25) is 4.68 Å². The third-order valence-electron chi connectivity index (χ3n) is 3.12. The first-order valence-electron chi connectivity index (χ1n) is 6.52. The van der Waals surface area contributed by atoms with Gasteiger partial charge in [-0.2, -0.15) is 5.10 Å². The van der Waals surface area contributed by atoms with Gasteiger partial charge in [-0.05, 0) is 32.0 Å². The molecule has 0 unspecified atom stereocenters. The average molecular weight is 295 g/mol. The van der Waals surface area contributed by atoms with Gasteiger partial charge in [0.2, 0.25) is 0 Å². The Kier molecular flexibility index (Phi) is 4.98. The number of nitrogens with zero attached hydrogens (tertiary/aromatic N) is 3. The topological polar surface area (TPSA) is 52.0 Å². The van der Waals surface area contributed by atoms with Crippen molar-refractivity contribution in [1.29, 1.82) is 0 Å². The molecule has 0 aliphatic rings. The molecule has 2 rings (SSSR count). The number of hydrogen-bond acceptors (Lipinski definition) is 4. The second kappa shape index (κ2) is 6.72. The van der Waals surface area contributed by atoms with Gasteiger partial charge in [0.15, 0.2) is 0 Å². The third kappa shape index (κ3) is 3.71. The summed E-state index contributed by atoms with van der Waals surface area (Å²) < 4.78 is 7.19. The molecule has 1 aromatic heterocycles. The molecular formula is C14H19ClN4O. The molecule has 0 saturated carbocycles. The van der Waals surface area contributed by atoms with Crippen LogP contribution in [0.2, 0.25) is 5.02 Å². The van der Waals surface area contributed by atoms with Crippen molar-refractivity contribution in [1.82, 2.24) is 20.1 Å². The van der Waals surface area contributed by atoms with Gasteiger partial charge >= 0.3 is 0 Å². The van der Waals surface area contributed by atoms with E-state index in [1.165, 1.54) is 6.33 Å². The molecule has 0 saturated heterocycles. The predicted octanol–water partition coefficient (Wildman–Crippen LogP) is 2.68. The van der Waals surface area contributed by atoms with Crippen LogP contribution in [0.15, 0.2) is 30.9 Å². The first-order chi connectivity index (χ1) is 9.60. The van der Waals surface area contributed by atoms with E-state index in [9.17, 15) is 0 Å². The maximum Gasteiger partial charge on any atom is 0.137 e. The van der Waals surface area contributed by atoms with Gasteiger partial charge in [0, 0.05) is 22.7 Å². The van der Waals surface area contributed by atoms with Crippen molar-refractivity contribution in [3.63, 3.8) is 0 Å². The molecule has 0 radical (unpaired) electrons. The minimum absolute atomic E-state index is 0.127. The zero-order valence-electron chi connectivity index (χ0n) is 11.9. The standard InChI is InChI=1S/C14H19ClN4O/c1-10(7-19-9-16-8-17-19)18-11(2)13-6-12(15)4-5-14(13)20-3/h4-6,8-11,18H,7H2,1-3H3/t10-,11+/m0/s1. The molecule has 5 nitrogen and oxygen atoms in total. The maximum atomic E-state index is 6.06. The Morgan fingerprint density at radius 3 is 2.85 bits per heavy atom. The van der Waals surface area contributed by atoms with E-state index in [0.717, 1.165) is 17.9 Å². The molecule has 0 fully saturated rings. The number of hydrogen-bond donors (Lipinski definition) is 1. The van der Waals surface area contributed by atoms with E-state index in [-0.39, 0.29) is 12.1 Å². The summed E-state index contributed by atoms with van der Waals surface area (Å²) in [4.78, 5) is 3.94. The van der Waals surface area contributed by atoms with Crippen LogP contribution in [0, 0.1) is 0 Å². The van der Waals surface area contributed by atoms with Gasteiger partial charge in [-0.1, -0.05) is 11.6 Å². The minimum Gasteiger partial charge on any atom is -0.496 e. The van der Waals surface area contributed by atoms with Crippen LogP contribution in [0.3, 0.4) is 0 Å². The van der Waals surface area contributed by atoms with Crippen LogP contribution in [0.4, 0.5) is 0 Å². The smallest absolute Gasteiger partial charge is 0.137 e. The Morgan fingerprint density at radius 2 is 2.20 bits per heavy atom. The summed E-state index contributed by atoms with van der Waals surface area (Å²) in [7, 11) is 1.66. The van der Waals surface area contributed by atoms with Gasteiger partial charge in [0.05, 0.1) is 13.7 Å². The molecule has 1 aromatic carbocycles. The molecule has 6 heteroatoms. The number of aromatic nitrogens is 3. The monoisotopic (exact) mass is 294 g/mol. The highest BCUT2D eigenvalue weighted by atomic mass is 35.5. The van der Waals surface area contributed by atoms with Gasteiger partial charge < -0.3 is 10.1 Å². The number of benzene rings is 1. The lowest BCUT2D eigenvalue weighted by molar-refractivity contribution is 0.382. The van der Waals surface area contributed by atoms with Crippen LogP contribution in [-0.4, -0.2) is 27.9 Å². The summed E-state index contributed by atoms with van der Waals surface area (Å²) in [6.07, 6.45) is 3.25. The van der Waals surface area contributed by atoms with E-state index in [2.05, 4.69) is 29.2 Å². The Bertz CT molecular complexity index is 544. The van der Waals surface area contributed by atoms with E-state index in [1.54, 1.807) is 18.1 Å². The Morgan fingerprint density at radius 1 is 1.40 bits per heavy atom. The lowest BCUT2D eigenvalue weighted by atomic mass is 10.1. The molecule has 108 valence electrons. The van der Waals surface area contributed by atoms with Crippen molar-refractivity contribution in [3.05, 3.63) is 41.4 Å². The molecule has 0 amide bonds. The Balaban J connectivity index is 2.03. The fraction of sp³-hybridized carbons (Fsp3) is 0.429. The van der Waals surface area contributed by atoms with E-state index >= 15 is 0 Å². The van der Waals surface area contributed by atoms with Crippen LogP contribution in [0.25, 0.3) is 0 Å². The third-order valence-corrected chi connectivity index (χ3v) is 3.36. The highest BCUT2D eigenvalue weighted by molar-refractivity contribution is 6.30. The average Bonchev–Trinajstić information content (AvgIpc) is 2.91. The van der Waals surface area contributed by atoms with E-state index in [1.807, 2.05) is 18.2 Å². The number of halogens is 1. The first kappa shape index (κ1) is 14.8. The summed E-state index contributed by atoms with van der Waals surface area (Å²) >= 11 is 6.06. The SMILES string of the molecule is COc1ccc(Cl)cc1[C@@H](C)N[C@@H](C)Cn1cncn1. The number of rotatable bonds is 6. The van der Waals surface area contributed by atoms with Gasteiger partial charge in [0.25, 0.3) is 0 Å². The first-order valence-corrected chi connectivity index (χ1v) is 6.90. The summed E-state index contributed by atoms with van der Waals surface area (Å²) in [6.45, 7) is 4.95. The highest BCUT2D eigenvalue weighted by Crippen LogP contribution is 2.28. The zero-order valence-corrected chi connectivity index (χ0v) is 12.6. The molecular weight excluding hydrogens is 276 g/mol. The van der Waals surface area contributed by atoms with Gasteiger partial charge in [-0.25, -0.2) is 4.98 Å². The maximum absolute atomic E-state index is 6.06. The second-order valence-electron chi connectivity index (χ2n) is 4.79. The van der Waals surface area contributed by atoms with Crippen LogP contribution in [0.5, 0.6) is 5.75 Å². The predicted molar refractivity (Wildman–Crippen MR) is 79.0 cm³/mol. The fourth-order valence-electron chi connectivity index (χ4n) is 2.22. The highest BCUT2D eigenvalue weighted by Gasteiger charge is 2.14. The number of nitrogens with one attached hydrogen (secondary N) is 1. The molecule has 0 aliphatic carbocycles. The lowest BCUT2D eigenvalue weighted by Gasteiger charge is -2.22. The number of methoxy groups -OCH3 is 1. The van der Waals surface area contributed by atoms with Crippen molar-refractivity contribution >= 4 is 11.6 Å². The summed E-state index contributed by atoms with van der Waals surface area (Å²) in [5, 5.41) is 8.32. The summed E-state index contributed by atoms with van der Waals surface area (Å²) in [5.74, 6) is 0.836. The van der Waals surface area contributed by atoms with Crippen LogP contribution in [0.1, 0.15) is 25.5 Å². The molecule has 2 aromatic rings. The molecule has 0 bridgehead atoms. The molecule has 0 spiro atoms. The van der Waals surface area contributed by atoms with Gasteiger partial charge in [-0.15, -0.1) is 0 Å².